The van der Waals surface area contributed by atoms with Gasteiger partial charge >= 0.3 is 0 Å². The zero-order valence-corrected chi connectivity index (χ0v) is 13.8. The molecular weight excluding hydrogens is 296 g/mol. The van der Waals surface area contributed by atoms with Gasteiger partial charge in [0.1, 0.15) is 5.82 Å². The van der Waals surface area contributed by atoms with Gasteiger partial charge in [0, 0.05) is 48.4 Å². The largest absolute Gasteiger partial charge is 0.289 e. The molecule has 0 aliphatic carbocycles. The van der Waals surface area contributed by atoms with E-state index in [1.807, 2.05) is 19.2 Å². The highest BCUT2D eigenvalue weighted by Gasteiger charge is 2.40. The molecule has 0 unspecified atom stereocenters. The van der Waals surface area contributed by atoms with Crippen molar-refractivity contribution >= 4 is 10.9 Å². The average molecular weight is 316 g/mol. The summed E-state index contributed by atoms with van der Waals surface area (Å²) in [7, 11) is 0. The van der Waals surface area contributed by atoms with Gasteiger partial charge in [-0.1, -0.05) is 12.1 Å². The molecule has 2 bridgehead atoms. The van der Waals surface area contributed by atoms with E-state index in [2.05, 4.69) is 45.3 Å². The molecule has 4 nitrogen and oxygen atoms in total. The van der Waals surface area contributed by atoms with E-state index >= 15 is 0 Å². The van der Waals surface area contributed by atoms with Gasteiger partial charge in [0.25, 0.3) is 0 Å². The molecule has 0 amide bonds. The van der Waals surface area contributed by atoms with Crippen LogP contribution >= 0.6 is 0 Å². The van der Waals surface area contributed by atoms with Crippen LogP contribution in [0.4, 0.5) is 0 Å². The number of hydrogen-bond donors (Lipinski definition) is 0. The van der Waals surface area contributed by atoms with Crippen LogP contribution < -0.4 is 0 Å². The number of aryl methyl sites for hydroxylation is 1. The molecule has 2 atom stereocenters. The molecule has 0 spiro atoms. The van der Waals surface area contributed by atoms with Gasteiger partial charge in [-0.15, -0.1) is 0 Å². The Bertz CT molecular complexity index is 920. The molecular formula is C20H20N4. The van der Waals surface area contributed by atoms with Crippen molar-refractivity contribution in [3.05, 3.63) is 65.4 Å². The summed E-state index contributed by atoms with van der Waals surface area (Å²) in [6.45, 7) is 2.98. The normalized spacial score (nSPS) is 22.7. The molecule has 24 heavy (non-hydrogen) atoms. The van der Waals surface area contributed by atoms with Crippen LogP contribution in [0, 0.1) is 6.92 Å². The number of fused-ring (bicyclic) bond motifs is 5. The van der Waals surface area contributed by atoms with Crippen LogP contribution in [0.2, 0.25) is 0 Å². The Kier molecular flexibility index (Phi) is 3.13. The Morgan fingerprint density at radius 1 is 1.17 bits per heavy atom. The maximum absolute atomic E-state index is 4.69. The molecule has 2 aliphatic rings. The zero-order chi connectivity index (χ0) is 16.1. The second kappa shape index (κ2) is 5.35. The Morgan fingerprint density at radius 2 is 2.12 bits per heavy atom. The van der Waals surface area contributed by atoms with Gasteiger partial charge < -0.3 is 0 Å². The van der Waals surface area contributed by atoms with E-state index in [1.165, 1.54) is 35.0 Å². The third kappa shape index (κ3) is 2.21. The fraction of sp³-hybridized carbons (Fsp3) is 0.350. The monoisotopic (exact) mass is 316 g/mol. The summed E-state index contributed by atoms with van der Waals surface area (Å²) in [5, 5.41) is 1.22. The van der Waals surface area contributed by atoms with E-state index in [0.717, 1.165) is 24.3 Å². The fourth-order valence-electron chi connectivity index (χ4n) is 4.35. The lowest BCUT2D eigenvalue weighted by molar-refractivity contribution is 0.166. The number of aromatic nitrogens is 3. The summed E-state index contributed by atoms with van der Waals surface area (Å²) >= 11 is 0. The summed E-state index contributed by atoms with van der Waals surface area (Å²) < 4.78 is 0. The third-order valence-electron chi connectivity index (χ3n) is 5.48. The molecule has 1 fully saturated rings. The van der Waals surface area contributed by atoms with Crippen LogP contribution in [0.3, 0.4) is 0 Å². The topological polar surface area (TPSA) is 41.9 Å². The van der Waals surface area contributed by atoms with Crippen molar-refractivity contribution in [2.24, 2.45) is 0 Å². The molecule has 0 N–H and O–H groups in total. The molecule has 4 heteroatoms. The van der Waals surface area contributed by atoms with E-state index in [0.29, 0.717) is 12.1 Å². The number of pyridine rings is 1. The van der Waals surface area contributed by atoms with Gasteiger partial charge in [-0.25, -0.2) is 9.97 Å². The second-order valence-corrected chi connectivity index (χ2v) is 6.97. The summed E-state index contributed by atoms with van der Waals surface area (Å²) in [6, 6.07) is 11.9. The number of hydrogen-bond acceptors (Lipinski definition) is 4. The first-order chi connectivity index (χ1) is 11.8. The molecule has 1 aromatic carbocycles. The Labute approximate surface area is 141 Å². The van der Waals surface area contributed by atoms with Crippen molar-refractivity contribution in [1.82, 2.24) is 19.9 Å². The molecule has 2 aliphatic heterocycles. The van der Waals surface area contributed by atoms with Crippen LogP contribution in [0.5, 0.6) is 0 Å². The van der Waals surface area contributed by atoms with Crippen molar-refractivity contribution < 1.29 is 0 Å². The SMILES string of the molecule is Cc1ncc2c(n1)C[C@H]1CC[C@@H]2N1Cc1ccc2ncccc2c1. The van der Waals surface area contributed by atoms with E-state index in [9.17, 15) is 0 Å². The fourth-order valence-corrected chi connectivity index (χ4v) is 4.35. The van der Waals surface area contributed by atoms with Crippen LogP contribution in [-0.4, -0.2) is 25.9 Å². The van der Waals surface area contributed by atoms with Gasteiger partial charge in [0.15, 0.2) is 0 Å². The Morgan fingerprint density at radius 3 is 3.08 bits per heavy atom. The van der Waals surface area contributed by atoms with E-state index in [1.54, 1.807) is 0 Å². The third-order valence-corrected chi connectivity index (χ3v) is 5.48. The molecule has 5 rings (SSSR count). The van der Waals surface area contributed by atoms with Gasteiger partial charge in [-0.3, -0.25) is 9.88 Å². The van der Waals surface area contributed by atoms with Gasteiger partial charge in [-0.05, 0) is 43.5 Å². The summed E-state index contributed by atoms with van der Waals surface area (Å²) in [4.78, 5) is 16.2. The van der Waals surface area contributed by atoms with Crippen LogP contribution in [0.25, 0.3) is 10.9 Å². The van der Waals surface area contributed by atoms with E-state index in [-0.39, 0.29) is 0 Å². The molecule has 3 aromatic rings. The molecule has 2 aromatic heterocycles. The van der Waals surface area contributed by atoms with Gasteiger partial charge in [0.05, 0.1) is 11.2 Å². The highest BCUT2D eigenvalue weighted by atomic mass is 15.2. The van der Waals surface area contributed by atoms with Crippen molar-refractivity contribution in [3.63, 3.8) is 0 Å². The number of rotatable bonds is 2. The average Bonchev–Trinajstić information content (AvgIpc) is 2.87. The predicted molar refractivity (Wildman–Crippen MR) is 93.5 cm³/mol. The second-order valence-electron chi connectivity index (χ2n) is 6.97. The van der Waals surface area contributed by atoms with Crippen molar-refractivity contribution in [2.75, 3.05) is 0 Å². The number of nitrogens with zero attached hydrogens (tertiary/aromatic N) is 4. The zero-order valence-electron chi connectivity index (χ0n) is 13.8. The summed E-state index contributed by atoms with van der Waals surface area (Å²) in [5.74, 6) is 0.892. The minimum Gasteiger partial charge on any atom is -0.289 e. The van der Waals surface area contributed by atoms with Gasteiger partial charge in [-0.2, -0.15) is 0 Å². The lowest BCUT2D eigenvalue weighted by atomic mass is 9.98. The molecule has 4 heterocycles. The van der Waals surface area contributed by atoms with Crippen LogP contribution in [0.15, 0.2) is 42.7 Å². The first-order valence-corrected chi connectivity index (χ1v) is 8.70. The maximum atomic E-state index is 4.69. The maximum Gasteiger partial charge on any atom is 0.125 e. The van der Waals surface area contributed by atoms with Crippen molar-refractivity contribution in [2.45, 2.75) is 44.8 Å². The summed E-state index contributed by atoms with van der Waals surface area (Å²) in [5.41, 5.74) is 5.05. The number of benzene rings is 1. The van der Waals surface area contributed by atoms with Crippen molar-refractivity contribution in [3.8, 4) is 0 Å². The van der Waals surface area contributed by atoms with Crippen LogP contribution in [0.1, 0.15) is 41.5 Å². The van der Waals surface area contributed by atoms with E-state index < -0.39 is 0 Å². The minimum absolute atomic E-state index is 0.476. The lowest BCUT2D eigenvalue weighted by Crippen LogP contribution is -2.37. The minimum atomic E-state index is 0.476. The quantitative estimate of drug-likeness (QED) is 0.724. The first kappa shape index (κ1) is 14.1. The lowest BCUT2D eigenvalue weighted by Gasteiger charge is -2.35. The Balaban J connectivity index is 1.48. The first-order valence-electron chi connectivity index (χ1n) is 8.70. The molecule has 1 saturated heterocycles. The highest BCUT2D eigenvalue weighted by Crippen LogP contribution is 2.43. The summed E-state index contributed by atoms with van der Waals surface area (Å²) in [6.07, 6.45) is 7.45. The smallest absolute Gasteiger partial charge is 0.125 e. The van der Waals surface area contributed by atoms with E-state index in [4.69, 9.17) is 4.98 Å². The Hall–Kier alpha value is -2.33. The standard InChI is InChI=1S/C20H20N4/c1-13-22-11-17-19(23-13)10-16-5-7-20(17)24(16)12-14-4-6-18-15(9-14)3-2-8-21-18/h2-4,6,8-9,11,16,20H,5,7,10,12H2,1H3/t16-,20+/m1/s1. The van der Waals surface area contributed by atoms with Crippen LogP contribution in [-0.2, 0) is 13.0 Å². The predicted octanol–water partition coefficient (Wildman–Crippen LogP) is 3.60. The van der Waals surface area contributed by atoms with Crippen molar-refractivity contribution in [1.29, 1.82) is 0 Å². The molecule has 0 saturated carbocycles. The van der Waals surface area contributed by atoms with Gasteiger partial charge in [0.2, 0.25) is 0 Å². The highest BCUT2D eigenvalue weighted by molar-refractivity contribution is 5.78. The molecule has 120 valence electrons. The molecule has 0 radical (unpaired) electrons.